The molecule has 0 radical (unpaired) electrons. The van der Waals surface area contributed by atoms with Crippen molar-refractivity contribution < 1.29 is 9.53 Å². The summed E-state index contributed by atoms with van der Waals surface area (Å²) in [6, 6.07) is 3.83. The fourth-order valence-electron chi connectivity index (χ4n) is 2.91. The highest BCUT2D eigenvalue weighted by Gasteiger charge is 2.21. The summed E-state index contributed by atoms with van der Waals surface area (Å²) >= 11 is 0. The lowest BCUT2D eigenvalue weighted by molar-refractivity contribution is 0.0589. The van der Waals surface area contributed by atoms with E-state index in [2.05, 4.69) is 15.5 Å². The Kier molecular flexibility index (Phi) is 4.35. The number of amides is 1. The van der Waals surface area contributed by atoms with Crippen LogP contribution < -0.4 is 4.90 Å². The van der Waals surface area contributed by atoms with Gasteiger partial charge in [0.1, 0.15) is 11.2 Å². The fourth-order valence-corrected chi connectivity index (χ4v) is 2.91. The van der Waals surface area contributed by atoms with Crippen molar-refractivity contribution in [1.82, 2.24) is 9.38 Å². The largest absolute Gasteiger partial charge is 0.443 e. The minimum Gasteiger partial charge on any atom is -0.443 e. The molecular weight excluding hydrogens is 302 g/mol. The molecule has 1 aliphatic carbocycles. The Morgan fingerprint density at radius 2 is 2.08 bits per heavy atom. The highest BCUT2D eigenvalue weighted by atomic mass is 16.6. The van der Waals surface area contributed by atoms with Gasteiger partial charge in [0.05, 0.1) is 17.6 Å². The summed E-state index contributed by atoms with van der Waals surface area (Å²) < 4.78 is 7.51. The Morgan fingerprint density at radius 3 is 2.75 bits per heavy atom. The Hall–Kier alpha value is -2.30. The van der Waals surface area contributed by atoms with Crippen LogP contribution in [0.1, 0.15) is 52.1 Å². The van der Waals surface area contributed by atoms with E-state index in [1.807, 2.05) is 45.3 Å². The minimum absolute atomic E-state index is 0.361. The Bertz CT molecular complexity index is 783. The van der Waals surface area contributed by atoms with Gasteiger partial charge in [-0.3, -0.25) is 9.30 Å². The average molecular weight is 327 g/mol. The molecule has 5 nitrogen and oxygen atoms in total. The molecule has 1 aliphatic rings. The van der Waals surface area contributed by atoms with Crippen LogP contribution in [0.2, 0.25) is 0 Å². The summed E-state index contributed by atoms with van der Waals surface area (Å²) in [5.74, 6) is 0. The van der Waals surface area contributed by atoms with E-state index < -0.39 is 5.60 Å². The zero-order valence-electron chi connectivity index (χ0n) is 14.9. The van der Waals surface area contributed by atoms with Gasteiger partial charge in [0.2, 0.25) is 0 Å². The second-order valence-electron chi connectivity index (χ2n) is 7.27. The molecule has 128 valence electrons. The number of pyridine rings is 1. The Balaban J connectivity index is 1.93. The average Bonchev–Trinajstić information content (AvgIpc) is 2.96. The second kappa shape index (κ2) is 6.30. The van der Waals surface area contributed by atoms with Crippen molar-refractivity contribution in [2.24, 2.45) is 0 Å². The van der Waals surface area contributed by atoms with Crippen LogP contribution in [-0.4, -0.2) is 28.1 Å². The molecule has 0 aliphatic heterocycles. The van der Waals surface area contributed by atoms with Gasteiger partial charge in [0, 0.05) is 13.2 Å². The van der Waals surface area contributed by atoms with E-state index in [0.29, 0.717) is 0 Å². The van der Waals surface area contributed by atoms with Crippen LogP contribution in [-0.2, 0) is 4.74 Å². The van der Waals surface area contributed by atoms with Gasteiger partial charge in [-0.15, -0.1) is 0 Å². The zero-order chi connectivity index (χ0) is 17.3. The minimum atomic E-state index is -0.511. The van der Waals surface area contributed by atoms with Crippen LogP contribution in [0.4, 0.5) is 10.5 Å². The zero-order valence-corrected chi connectivity index (χ0v) is 14.9. The standard InChI is InChI=1S/C19H25N3O2/c1-19(2,3)24-18(23)21(4)15-10-11-17-20-12-16(22(17)13-15)14-8-6-5-7-9-14/h8,10-13H,5-7,9H2,1-4H3. The maximum absolute atomic E-state index is 12.3. The number of rotatable bonds is 2. The van der Waals surface area contributed by atoms with Crippen LogP contribution in [0, 0.1) is 0 Å². The van der Waals surface area contributed by atoms with Gasteiger partial charge in [-0.05, 0) is 64.2 Å². The van der Waals surface area contributed by atoms with E-state index in [1.54, 1.807) is 7.05 Å². The number of fused-ring (bicyclic) bond motifs is 1. The molecule has 0 bridgehead atoms. The summed E-state index contributed by atoms with van der Waals surface area (Å²) in [5.41, 5.74) is 3.61. The van der Waals surface area contributed by atoms with Crippen molar-refractivity contribution in [2.75, 3.05) is 11.9 Å². The Labute approximate surface area is 142 Å². The summed E-state index contributed by atoms with van der Waals surface area (Å²) in [6.07, 6.45) is 10.5. The van der Waals surface area contributed by atoms with Crippen molar-refractivity contribution in [2.45, 2.75) is 52.1 Å². The lowest BCUT2D eigenvalue weighted by atomic mass is 9.97. The lowest BCUT2D eigenvalue weighted by Gasteiger charge is -2.24. The van der Waals surface area contributed by atoms with Gasteiger partial charge < -0.3 is 4.74 Å². The number of carbonyl (C=O) groups is 1. The normalized spacial score (nSPS) is 15.2. The molecule has 1 amide bonds. The first-order valence-electron chi connectivity index (χ1n) is 8.48. The molecule has 5 heteroatoms. The SMILES string of the molecule is CN(C(=O)OC(C)(C)C)c1ccc2ncc(C3=CCCCC3)n2c1. The molecule has 24 heavy (non-hydrogen) atoms. The van der Waals surface area contributed by atoms with E-state index >= 15 is 0 Å². The van der Waals surface area contributed by atoms with E-state index in [9.17, 15) is 4.79 Å². The van der Waals surface area contributed by atoms with Gasteiger partial charge in [-0.25, -0.2) is 9.78 Å². The number of aromatic nitrogens is 2. The van der Waals surface area contributed by atoms with E-state index in [1.165, 1.54) is 23.3 Å². The number of hydrogen-bond donors (Lipinski definition) is 0. The monoisotopic (exact) mass is 327 g/mol. The second-order valence-corrected chi connectivity index (χ2v) is 7.27. The molecule has 0 aromatic carbocycles. The summed E-state index contributed by atoms with van der Waals surface area (Å²) in [6.45, 7) is 5.60. The molecule has 0 unspecified atom stereocenters. The first kappa shape index (κ1) is 16.6. The van der Waals surface area contributed by atoms with Crippen molar-refractivity contribution in [3.8, 4) is 0 Å². The third-order valence-electron chi connectivity index (χ3n) is 4.16. The number of ether oxygens (including phenoxy) is 1. The molecule has 3 rings (SSSR count). The predicted molar refractivity (Wildman–Crippen MR) is 96.3 cm³/mol. The molecule has 2 aromatic heterocycles. The quantitative estimate of drug-likeness (QED) is 0.805. The van der Waals surface area contributed by atoms with E-state index in [-0.39, 0.29) is 6.09 Å². The number of hydrogen-bond acceptors (Lipinski definition) is 3. The number of nitrogens with zero attached hydrogens (tertiary/aromatic N) is 3. The molecular formula is C19H25N3O2. The van der Waals surface area contributed by atoms with Gasteiger partial charge in [0.15, 0.2) is 0 Å². The third-order valence-corrected chi connectivity index (χ3v) is 4.16. The molecule has 0 spiro atoms. The molecule has 0 N–H and O–H groups in total. The van der Waals surface area contributed by atoms with Crippen molar-refractivity contribution in [3.63, 3.8) is 0 Å². The molecule has 0 saturated carbocycles. The van der Waals surface area contributed by atoms with Crippen LogP contribution in [0.15, 0.2) is 30.6 Å². The topological polar surface area (TPSA) is 46.8 Å². The number of anilines is 1. The summed E-state index contributed by atoms with van der Waals surface area (Å²) in [5, 5.41) is 0. The number of allylic oxidation sites excluding steroid dienone is 2. The first-order chi connectivity index (χ1) is 11.3. The summed E-state index contributed by atoms with van der Waals surface area (Å²) in [7, 11) is 1.73. The lowest BCUT2D eigenvalue weighted by Crippen LogP contribution is -2.34. The van der Waals surface area contributed by atoms with Crippen molar-refractivity contribution >= 4 is 23.0 Å². The fraction of sp³-hybridized carbons (Fsp3) is 0.474. The number of carbonyl (C=O) groups excluding carboxylic acids is 1. The van der Waals surface area contributed by atoms with Crippen LogP contribution in [0.3, 0.4) is 0 Å². The third kappa shape index (κ3) is 3.45. The molecule has 2 aromatic rings. The van der Waals surface area contributed by atoms with Crippen molar-refractivity contribution in [3.05, 3.63) is 36.3 Å². The van der Waals surface area contributed by atoms with E-state index in [0.717, 1.165) is 29.9 Å². The molecule has 2 heterocycles. The maximum Gasteiger partial charge on any atom is 0.414 e. The van der Waals surface area contributed by atoms with Crippen LogP contribution >= 0.6 is 0 Å². The number of imidazole rings is 1. The first-order valence-corrected chi connectivity index (χ1v) is 8.48. The highest BCUT2D eigenvalue weighted by Crippen LogP contribution is 2.28. The van der Waals surface area contributed by atoms with Crippen LogP contribution in [0.25, 0.3) is 11.2 Å². The highest BCUT2D eigenvalue weighted by molar-refractivity contribution is 5.87. The molecule has 0 fully saturated rings. The molecule has 0 saturated heterocycles. The van der Waals surface area contributed by atoms with Gasteiger partial charge in [0.25, 0.3) is 0 Å². The van der Waals surface area contributed by atoms with Gasteiger partial charge in [-0.1, -0.05) is 6.08 Å². The Morgan fingerprint density at radius 1 is 1.29 bits per heavy atom. The van der Waals surface area contributed by atoms with Gasteiger partial charge >= 0.3 is 6.09 Å². The predicted octanol–water partition coefficient (Wildman–Crippen LogP) is 4.66. The van der Waals surface area contributed by atoms with E-state index in [4.69, 9.17) is 4.74 Å². The molecule has 0 atom stereocenters. The van der Waals surface area contributed by atoms with Crippen LogP contribution in [0.5, 0.6) is 0 Å². The summed E-state index contributed by atoms with van der Waals surface area (Å²) in [4.78, 5) is 18.3. The maximum atomic E-state index is 12.3. The van der Waals surface area contributed by atoms with Crippen molar-refractivity contribution in [1.29, 1.82) is 0 Å². The van der Waals surface area contributed by atoms with Gasteiger partial charge in [-0.2, -0.15) is 0 Å². The smallest absolute Gasteiger partial charge is 0.414 e.